The molecule has 1 rings (SSSR count). The SMILES string of the molecule is C=C1C=CC(C)(C)OC1=C. The van der Waals surface area contributed by atoms with Gasteiger partial charge < -0.3 is 4.74 Å². The summed E-state index contributed by atoms with van der Waals surface area (Å²) in [5.41, 5.74) is 0.650. The lowest BCUT2D eigenvalue weighted by Crippen LogP contribution is -2.23. The predicted octanol–water partition coefficient (Wildman–Crippen LogP) is 2.42. The average Bonchev–Trinajstić information content (AvgIpc) is 1.79. The molecule has 0 aromatic rings. The van der Waals surface area contributed by atoms with Crippen molar-refractivity contribution in [1.29, 1.82) is 0 Å². The Balaban J connectivity index is 2.89. The molecule has 0 aromatic heterocycles. The molecule has 1 heteroatoms. The van der Waals surface area contributed by atoms with Gasteiger partial charge in [0, 0.05) is 5.57 Å². The van der Waals surface area contributed by atoms with Gasteiger partial charge in [0.05, 0.1) is 0 Å². The van der Waals surface area contributed by atoms with Gasteiger partial charge in [-0.05, 0) is 19.9 Å². The van der Waals surface area contributed by atoms with Gasteiger partial charge in [-0.2, -0.15) is 0 Å². The number of ether oxygens (including phenoxy) is 1. The van der Waals surface area contributed by atoms with Gasteiger partial charge in [0.25, 0.3) is 0 Å². The number of allylic oxidation sites excluding steroid dienone is 1. The fraction of sp³-hybridized carbons (Fsp3) is 0.333. The fourth-order valence-corrected chi connectivity index (χ4v) is 0.811. The maximum atomic E-state index is 5.41. The summed E-state index contributed by atoms with van der Waals surface area (Å²) in [5, 5.41) is 0. The average molecular weight is 136 g/mol. The molecule has 0 spiro atoms. The molecule has 0 aliphatic carbocycles. The van der Waals surface area contributed by atoms with E-state index in [1.165, 1.54) is 0 Å². The minimum Gasteiger partial charge on any atom is -0.484 e. The Kier molecular flexibility index (Phi) is 1.43. The molecule has 10 heavy (non-hydrogen) atoms. The van der Waals surface area contributed by atoms with Crippen molar-refractivity contribution in [3.8, 4) is 0 Å². The summed E-state index contributed by atoms with van der Waals surface area (Å²) in [6.45, 7) is 11.4. The van der Waals surface area contributed by atoms with Crippen molar-refractivity contribution in [3.05, 3.63) is 36.6 Å². The van der Waals surface area contributed by atoms with Crippen molar-refractivity contribution in [2.45, 2.75) is 19.4 Å². The monoisotopic (exact) mass is 136 g/mol. The van der Waals surface area contributed by atoms with Gasteiger partial charge in [-0.3, -0.25) is 0 Å². The summed E-state index contributed by atoms with van der Waals surface area (Å²) in [4.78, 5) is 0. The molecule has 0 amide bonds. The molecular formula is C9H12O. The highest BCUT2D eigenvalue weighted by atomic mass is 16.5. The van der Waals surface area contributed by atoms with Crippen molar-refractivity contribution in [3.63, 3.8) is 0 Å². The molecule has 0 atom stereocenters. The Morgan fingerprint density at radius 3 is 2.40 bits per heavy atom. The summed E-state index contributed by atoms with van der Waals surface area (Å²) >= 11 is 0. The van der Waals surface area contributed by atoms with Gasteiger partial charge in [0.15, 0.2) is 0 Å². The first-order valence-corrected chi connectivity index (χ1v) is 3.28. The molecule has 1 heterocycles. The molecule has 54 valence electrons. The highest BCUT2D eigenvalue weighted by molar-refractivity contribution is 5.36. The molecule has 0 fully saturated rings. The van der Waals surface area contributed by atoms with Crippen LogP contribution in [-0.4, -0.2) is 5.60 Å². The van der Waals surface area contributed by atoms with Crippen LogP contribution >= 0.6 is 0 Å². The summed E-state index contributed by atoms with van der Waals surface area (Å²) in [5.74, 6) is 0.674. The summed E-state index contributed by atoms with van der Waals surface area (Å²) in [6, 6.07) is 0. The summed E-state index contributed by atoms with van der Waals surface area (Å²) in [7, 11) is 0. The van der Waals surface area contributed by atoms with Crippen LogP contribution in [0.15, 0.2) is 36.6 Å². The van der Waals surface area contributed by atoms with Gasteiger partial charge in [0.2, 0.25) is 0 Å². The number of rotatable bonds is 0. The van der Waals surface area contributed by atoms with Crippen molar-refractivity contribution in [1.82, 2.24) is 0 Å². The fourth-order valence-electron chi connectivity index (χ4n) is 0.811. The highest BCUT2D eigenvalue weighted by Crippen LogP contribution is 2.25. The van der Waals surface area contributed by atoms with E-state index in [0.717, 1.165) is 5.57 Å². The van der Waals surface area contributed by atoms with Gasteiger partial charge in [0.1, 0.15) is 11.4 Å². The van der Waals surface area contributed by atoms with E-state index in [1.807, 2.05) is 26.0 Å². The number of hydrogen-bond donors (Lipinski definition) is 0. The Morgan fingerprint density at radius 1 is 1.40 bits per heavy atom. The van der Waals surface area contributed by atoms with E-state index >= 15 is 0 Å². The second-order valence-corrected chi connectivity index (χ2v) is 2.99. The zero-order chi connectivity index (χ0) is 7.78. The van der Waals surface area contributed by atoms with Crippen LogP contribution in [0.25, 0.3) is 0 Å². The molecule has 1 nitrogen and oxygen atoms in total. The first kappa shape index (κ1) is 7.13. The van der Waals surface area contributed by atoms with E-state index < -0.39 is 0 Å². The predicted molar refractivity (Wildman–Crippen MR) is 42.6 cm³/mol. The van der Waals surface area contributed by atoms with Gasteiger partial charge in [-0.25, -0.2) is 0 Å². The van der Waals surface area contributed by atoms with Crippen LogP contribution in [0.5, 0.6) is 0 Å². The Labute approximate surface area is 61.7 Å². The van der Waals surface area contributed by atoms with E-state index in [2.05, 4.69) is 13.2 Å². The maximum Gasteiger partial charge on any atom is 0.122 e. The summed E-state index contributed by atoms with van der Waals surface area (Å²) < 4.78 is 5.41. The van der Waals surface area contributed by atoms with E-state index in [4.69, 9.17) is 4.74 Å². The molecule has 0 unspecified atom stereocenters. The zero-order valence-corrected chi connectivity index (χ0v) is 6.48. The second kappa shape index (κ2) is 2.01. The van der Waals surface area contributed by atoms with E-state index in [-0.39, 0.29) is 5.60 Å². The Morgan fingerprint density at radius 2 is 2.00 bits per heavy atom. The van der Waals surface area contributed by atoms with Crippen molar-refractivity contribution < 1.29 is 4.74 Å². The normalized spacial score (nSPS) is 22.6. The molecule has 0 aromatic carbocycles. The Hall–Kier alpha value is -0.980. The molecule has 0 N–H and O–H groups in total. The van der Waals surface area contributed by atoms with E-state index in [9.17, 15) is 0 Å². The molecule has 1 aliphatic heterocycles. The molecule has 0 saturated heterocycles. The quantitative estimate of drug-likeness (QED) is 0.497. The lowest BCUT2D eigenvalue weighted by Gasteiger charge is -2.28. The van der Waals surface area contributed by atoms with Crippen LogP contribution in [-0.2, 0) is 4.74 Å². The van der Waals surface area contributed by atoms with Crippen LogP contribution in [0.1, 0.15) is 13.8 Å². The highest BCUT2D eigenvalue weighted by Gasteiger charge is 2.20. The molecule has 0 bridgehead atoms. The van der Waals surface area contributed by atoms with E-state index in [0.29, 0.717) is 5.76 Å². The van der Waals surface area contributed by atoms with Crippen molar-refractivity contribution >= 4 is 0 Å². The first-order chi connectivity index (χ1) is 4.51. The third-order valence-electron chi connectivity index (χ3n) is 1.43. The van der Waals surface area contributed by atoms with Gasteiger partial charge in [-0.15, -0.1) is 0 Å². The van der Waals surface area contributed by atoms with Crippen LogP contribution < -0.4 is 0 Å². The lowest BCUT2D eigenvalue weighted by atomic mass is 10.0. The van der Waals surface area contributed by atoms with Gasteiger partial charge in [-0.1, -0.05) is 19.2 Å². The Bertz CT molecular complexity index is 209. The molecule has 0 radical (unpaired) electrons. The third-order valence-corrected chi connectivity index (χ3v) is 1.43. The topological polar surface area (TPSA) is 9.23 Å². The van der Waals surface area contributed by atoms with Crippen molar-refractivity contribution in [2.75, 3.05) is 0 Å². The van der Waals surface area contributed by atoms with E-state index in [1.54, 1.807) is 0 Å². The minimum absolute atomic E-state index is 0.210. The number of hydrogen-bond acceptors (Lipinski definition) is 1. The van der Waals surface area contributed by atoms with Crippen LogP contribution in [0.4, 0.5) is 0 Å². The maximum absolute atomic E-state index is 5.41. The molecule has 1 aliphatic rings. The van der Waals surface area contributed by atoms with Gasteiger partial charge >= 0.3 is 0 Å². The lowest BCUT2D eigenvalue weighted by molar-refractivity contribution is 0.0806. The minimum atomic E-state index is -0.210. The molecule has 0 saturated carbocycles. The summed E-state index contributed by atoms with van der Waals surface area (Å²) in [6.07, 6.45) is 3.91. The van der Waals surface area contributed by atoms with Crippen LogP contribution in [0.2, 0.25) is 0 Å². The second-order valence-electron chi connectivity index (χ2n) is 2.99. The smallest absolute Gasteiger partial charge is 0.122 e. The largest absolute Gasteiger partial charge is 0.484 e. The van der Waals surface area contributed by atoms with Crippen molar-refractivity contribution in [2.24, 2.45) is 0 Å². The zero-order valence-electron chi connectivity index (χ0n) is 6.48. The van der Waals surface area contributed by atoms with Crippen LogP contribution in [0, 0.1) is 0 Å². The third kappa shape index (κ3) is 1.29. The first-order valence-electron chi connectivity index (χ1n) is 3.28. The standard InChI is InChI=1S/C9H12O/c1-7-5-6-9(3,4)10-8(7)2/h5-6H,1-2H2,3-4H3. The van der Waals surface area contributed by atoms with Crippen LogP contribution in [0.3, 0.4) is 0 Å². The molecular weight excluding hydrogens is 124 g/mol.